The van der Waals surface area contributed by atoms with Crippen LogP contribution in [0.5, 0.6) is 0 Å². The predicted molar refractivity (Wildman–Crippen MR) is 76.8 cm³/mol. The molecule has 0 amide bonds. The van der Waals surface area contributed by atoms with E-state index in [1.165, 1.54) is 37.2 Å². The molecule has 2 rings (SSSR count). The number of rotatable bonds is 6. The fourth-order valence-corrected chi connectivity index (χ4v) is 2.42. The second-order valence-electron chi connectivity index (χ2n) is 5.11. The van der Waals surface area contributed by atoms with Gasteiger partial charge in [-0.05, 0) is 32.0 Å². The van der Waals surface area contributed by atoms with Gasteiger partial charge in [-0.25, -0.2) is 0 Å². The van der Waals surface area contributed by atoms with Crippen LogP contribution in [-0.4, -0.2) is 44.2 Å². The van der Waals surface area contributed by atoms with Gasteiger partial charge >= 0.3 is 0 Å². The molecule has 3 nitrogen and oxygen atoms in total. The second kappa shape index (κ2) is 7.52. The van der Waals surface area contributed by atoms with Crippen LogP contribution in [0.25, 0.3) is 0 Å². The van der Waals surface area contributed by atoms with Gasteiger partial charge < -0.3 is 15.5 Å². The van der Waals surface area contributed by atoms with Gasteiger partial charge in [-0.1, -0.05) is 29.8 Å². The number of benzene rings is 1. The average molecular weight is 247 g/mol. The molecular weight excluding hydrogens is 222 g/mol. The molecule has 100 valence electrons. The van der Waals surface area contributed by atoms with E-state index < -0.39 is 0 Å². The van der Waals surface area contributed by atoms with E-state index in [0.29, 0.717) is 0 Å². The van der Waals surface area contributed by atoms with Crippen molar-refractivity contribution in [1.82, 2.24) is 15.5 Å². The van der Waals surface area contributed by atoms with Gasteiger partial charge in [0.25, 0.3) is 0 Å². The Morgan fingerprint density at radius 1 is 1.28 bits per heavy atom. The van der Waals surface area contributed by atoms with Crippen LogP contribution in [0.4, 0.5) is 0 Å². The predicted octanol–water partition coefficient (Wildman–Crippen LogP) is 1.38. The van der Waals surface area contributed by atoms with E-state index in [1.807, 2.05) is 0 Å². The maximum Gasteiger partial charge on any atom is 0.0205 e. The van der Waals surface area contributed by atoms with Gasteiger partial charge in [-0.15, -0.1) is 0 Å². The molecule has 0 unspecified atom stereocenters. The average Bonchev–Trinajstić information content (AvgIpc) is 2.40. The third-order valence-corrected chi connectivity index (χ3v) is 3.45. The van der Waals surface area contributed by atoms with Crippen LogP contribution in [0.2, 0.25) is 0 Å². The van der Waals surface area contributed by atoms with E-state index in [2.05, 4.69) is 46.7 Å². The first-order chi connectivity index (χ1) is 8.84. The molecule has 1 aromatic rings. The molecule has 0 radical (unpaired) electrons. The summed E-state index contributed by atoms with van der Waals surface area (Å²) in [5.41, 5.74) is 2.73. The minimum atomic E-state index is 0.989. The van der Waals surface area contributed by atoms with Gasteiger partial charge in [0.05, 0.1) is 0 Å². The molecule has 0 saturated carbocycles. The molecule has 3 heteroatoms. The highest BCUT2D eigenvalue weighted by Gasteiger charge is 2.07. The first kappa shape index (κ1) is 13.5. The summed E-state index contributed by atoms with van der Waals surface area (Å²) >= 11 is 0. The SMILES string of the molecule is Cc1cccc(CNCCCN2CCNCC2)c1. The summed E-state index contributed by atoms with van der Waals surface area (Å²) in [6.07, 6.45) is 1.24. The zero-order valence-corrected chi connectivity index (χ0v) is 11.4. The van der Waals surface area contributed by atoms with Gasteiger partial charge in [0.15, 0.2) is 0 Å². The minimum Gasteiger partial charge on any atom is -0.314 e. The summed E-state index contributed by atoms with van der Waals surface area (Å²) in [6.45, 7) is 10.2. The van der Waals surface area contributed by atoms with Crippen LogP contribution in [0.15, 0.2) is 24.3 Å². The maximum atomic E-state index is 3.53. The van der Waals surface area contributed by atoms with Crippen LogP contribution in [-0.2, 0) is 6.54 Å². The number of piperazine rings is 1. The van der Waals surface area contributed by atoms with Crippen molar-refractivity contribution >= 4 is 0 Å². The Morgan fingerprint density at radius 2 is 2.11 bits per heavy atom. The fraction of sp³-hybridized carbons (Fsp3) is 0.600. The van der Waals surface area contributed by atoms with Gasteiger partial charge in [-0.3, -0.25) is 0 Å². The second-order valence-corrected chi connectivity index (χ2v) is 5.11. The van der Waals surface area contributed by atoms with E-state index in [0.717, 1.165) is 26.2 Å². The molecule has 1 saturated heterocycles. The standard InChI is InChI=1S/C15H25N3/c1-14-4-2-5-15(12-14)13-17-6-3-9-18-10-7-16-8-11-18/h2,4-5,12,16-17H,3,6-11,13H2,1H3. The smallest absolute Gasteiger partial charge is 0.0205 e. The highest BCUT2D eigenvalue weighted by atomic mass is 15.2. The molecule has 1 aliphatic rings. The van der Waals surface area contributed by atoms with Crippen molar-refractivity contribution in [3.05, 3.63) is 35.4 Å². The minimum absolute atomic E-state index is 0.989. The summed E-state index contributed by atoms with van der Waals surface area (Å²) in [5, 5.41) is 6.91. The summed E-state index contributed by atoms with van der Waals surface area (Å²) in [7, 11) is 0. The molecule has 1 heterocycles. The van der Waals surface area contributed by atoms with E-state index in [-0.39, 0.29) is 0 Å². The van der Waals surface area contributed by atoms with Crippen molar-refractivity contribution in [2.24, 2.45) is 0 Å². The quantitative estimate of drug-likeness (QED) is 0.744. The van der Waals surface area contributed by atoms with Crippen molar-refractivity contribution in [3.63, 3.8) is 0 Å². The molecule has 0 bridgehead atoms. The molecule has 2 N–H and O–H groups in total. The zero-order valence-electron chi connectivity index (χ0n) is 11.4. The Morgan fingerprint density at radius 3 is 2.89 bits per heavy atom. The largest absolute Gasteiger partial charge is 0.314 e. The van der Waals surface area contributed by atoms with Crippen molar-refractivity contribution in [1.29, 1.82) is 0 Å². The van der Waals surface area contributed by atoms with E-state index in [1.54, 1.807) is 0 Å². The Kier molecular flexibility index (Phi) is 5.65. The monoisotopic (exact) mass is 247 g/mol. The molecule has 0 spiro atoms. The van der Waals surface area contributed by atoms with E-state index >= 15 is 0 Å². The Hall–Kier alpha value is -0.900. The third-order valence-electron chi connectivity index (χ3n) is 3.45. The van der Waals surface area contributed by atoms with Gasteiger partial charge in [0.2, 0.25) is 0 Å². The lowest BCUT2D eigenvalue weighted by atomic mass is 10.1. The first-order valence-corrected chi connectivity index (χ1v) is 7.04. The van der Waals surface area contributed by atoms with Gasteiger partial charge in [0, 0.05) is 32.7 Å². The lowest BCUT2D eigenvalue weighted by Gasteiger charge is -2.27. The number of aryl methyl sites for hydroxylation is 1. The van der Waals surface area contributed by atoms with Crippen molar-refractivity contribution in [3.8, 4) is 0 Å². The number of hydrogen-bond acceptors (Lipinski definition) is 3. The van der Waals surface area contributed by atoms with Crippen LogP contribution < -0.4 is 10.6 Å². The van der Waals surface area contributed by atoms with Crippen LogP contribution in [0.1, 0.15) is 17.5 Å². The topological polar surface area (TPSA) is 27.3 Å². The van der Waals surface area contributed by atoms with Gasteiger partial charge in [0.1, 0.15) is 0 Å². The Bertz CT molecular complexity index is 345. The Balaban J connectivity index is 1.55. The van der Waals surface area contributed by atoms with Crippen molar-refractivity contribution in [2.45, 2.75) is 19.9 Å². The lowest BCUT2D eigenvalue weighted by Crippen LogP contribution is -2.44. The highest BCUT2D eigenvalue weighted by Crippen LogP contribution is 2.03. The fourth-order valence-electron chi connectivity index (χ4n) is 2.42. The van der Waals surface area contributed by atoms with Gasteiger partial charge in [-0.2, -0.15) is 0 Å². The highest BCUT2D eigenvalue weighted by molar-refractivity contribution is 5.21. The Labute approximate surface area is 111 Å². The molecular formula is C15H25N3. The van der Waals surface area contributed by atoms with Crippen LogP contribution >= 0.6 is 0 Å². The van der Waals surface area contributed by atoms with Crippen molar-refractivity contribution in [2.75, 3.05) is 39.3 Å². The summed E-state index contributed by atoms with van der Waals surface area (Å²) in [6, 6.07) is 8.72. The zero-order chi connectivity index (χ0) is 12.6. The molecule has 1 fully saturated rings. The molecule has 18 heavy (non-hydrogen) atoms. The lowest BCUT2D eigenvalue weighted by molar-refractivity contribution is 0.237. The number of nitrogens with zero attached hydrogens (tertiary/aromatic N) is 1. The number of hydrogen-bond donors (Lipinski definition) is 2. The van der Waals surface area contributed by atoms with Crippen molar-refractivity contribution < 1.29 is 0 Å². The third kappa shape index (κ3) is 4.77. The maximum absolute atomic E-state index is 3.53. The summed E-state index contributed by atoms with van der Waals surface area (Å²) in [4.78, 5) is 2.55. The normalized spacial score (nSPS) is 16.9. The van der Waals surface area contributed by atoms with Crippen LogP contribution in [0, 0.1) is 6.92 Å². The molecule has 0 aromatic heterocycles. The molecule has 1 aromatic carbocycles. The summed E-state index contributed by atoms with van der Waals surface area (Å²) < 4.78 is 0. The van der Waals surface area contributed by atoms with E-state index in [4.69, 9.17) is 0 Å². The first-order valence-electron chi connectivity index (χ1n) is 7.04. The molecule has 1 aliphatic heterocycles. The number of nitrogens with one attached hydrogen (secondary N) is 2. The molecule has 0 atom stereocenters. The molecule has 0 aliphatic carbocycles. The summed E-state index contributed by atoms with van der Waals surface area (Å²) in [5.74, 6) is 0. The van der Waals surface area contributed by atoms with E-state index in [9.17, 15) is 0 Å². The van der Waals surface area contributed by atoms with Crippen LogP contribution in [0.3, 0.4) is 0 Å².